The number of rotatable bonds is 2. The number of benzene rings is 1. The third kappa shape index (κ3) is 2.82. The highest BCUT2D eigenvalue weighted by Crippen LogP contribution is 2.28. The van der Waals surface area contributed by atoms with Crippen LogP contribution in [0.25, 0.3) is 0 Å². The maximum absolute atomic E-state index is 11.7. The zero-order valence-corrected chi connectivity index (χ0v) is 10.8. The number of amides is 1. The number of fused-ring (bicyclic) bond motifs is 1. The summed E-state index contributed by atoms with van der Waals surface area (Å²) in [6, 6.07) is 5.28. The number of anilines is 1. The summed E-state index contributed by atoms with van der Waals surface area (Å²) in [6.45, 7) is 2.08. The number of nitrogens with one attached hydrogen (secondary N) is 1. The van der Waals surface area contributed by atoms with Crippen molar-refractivity contribution in [1.29, 1.82) is 0 Å². The Labute approximate surface area is 110 Å². The highest BCUT2D eigenvalue weighted by Gasteiger charge is 2.27. The summed E-state index contributed by atoms with van der Waals surface area (Å²) in [5, 5.41) is 3.32. The Kier molecular flexibility index (Phi) is 3.87. The minimum atomic E-state index is -0.424. The van der Waals surface area contributed by atoms with Crippen molar-refractivity contribution in [2.75, 3.05) is 11.9 Å². The Morgan fingerprint density at radius 3 is 3.00 bits per heavy atom. The number of halogens is 1. The van der Waals surface area contributed by atoms with Crippen LogP contribution in [0.1, 0.15) is 18.9 Å². The van der Waals surface area contributed by atoms with Gasteiger partial charge in [-0.25, -0.2) is 0 Å². The van der Waals surface area contributed by atoms with Gasteiger partial charge in [0.1, 0.15) is 0 Å². The van der Waals surface area contributed by atoms with Gasteiger partial charge < -0.3 is 10.1 Å². The lowest BCUT2D eigenvalue weighted by atomic mass is 9.97. The van der Waals surface area contributed by atoms with Gasteiger partial charge in [-0.15, -0.1) is 0 Å². The number of carbonyl (C=O) groups is 2. The summed E-state index contributed by atoms with van der Waals surface area (Å²) < 4.78 is 4.98. The summed E-state index contributed by atoms with van der Waals surface area (Å²) in [7, 11) is 0. The molecule has 1 aromatic carbocycles. The maximum Gasteiger partial charge on any atom is 0.309 e. The lowest BCUT2D eigenvalue weighted by Crippen LogP contribution is -2.23. The molecule has 0 radical (unpaired) electrons. The van der Waals surface area contributed by atoms with Crippen molar-refractivity contribution in [3.63, 3.8) is 0 Å². The van der Waals surface area contributed by atoms with Gasteiger partial charge in [-0.2, -0.15) is 0 Å². The SMILES string of the molecule is CCOC(=O)C1CC(=O)Nc2cc(Cl)ccc2C1. The van der Waals surface area contributed by atoms with Gasteiger partial charge >= 0.3 is 5.97 Å². The van der Waals surface area contributed by atoms with Gasteiger partial charge in [0.05, 0.1) is 12.5 Å². The average molecular weight is 268 g/mol. The van der Waals surface area contributed by atoms with E-state index >= 15 is 0 Å². The van der Waals surface area contributed by atoms with Crippen molar-refractivity contribution >= 4 is 29.2 Å². The van der Waals surface area contributed by atoms with E-state index < -0.39 is 5.92 Å². The molecule has 1 amide bonds. The molecule has 18 heavy (non-hydrogen) atoms. The quantitative estimate of drug-likeness (QED) is 0.837. The van der Waals surface area contributed by atoms with Gasteiger partial charge in [-0.05, 0) is 31.0 Å². The molecule has 0 saturated heterocycles. The first-order valence-corrected chi connectivity index (χ1v) is 6.23. The summed E-state index contributed by atoms with van der Waals surface area (Å²) >= 11 is 5.88. The van der Waals surface area contributed by atoms with Crippen molar-refractivity contribution < 1.29 is 14.3 Å². The molecule has 1 aromatic rings. The van der Waals surface area contributed by atoms with E-state index in [0.29, 0.717) is 23.7 Å². The molecular formula is C13H14ClNO3. The summed E-state index contributed by atoms with van der Waals surface area (Å²) in [5.41, 5.74) is 1.59. The van der Waals surface area contributed by atoms with Crippen molar-refractivity contribution in [2.24, 2.45) is 5.92 Å². The topological polar surface area (TPSA) is 55.4 Å². The van der Waals surface area contributed by atoms with Crippen LogP contribution in [-0.4, -0.2) is 18.5 Å². The minimum Gasteiger partial charge on any atom is -0.466 e. The second-order valence-corrected chi connectivity index (χ2v) is 4.64. The monoisotopic (exact) mass is 267 g/mol. The van der Waals surface area contributed by atoms with Crippen LogP contribution in [0.5, 0.6) is 0 Å². The molecule has 0 fully saturated rings. The number of hydrogen-bond donors (Lipinski definition) is 1. The van der Waals surface area contributed by atoms with Crippen LogP contribution in [0, 0.1) is 5.92 Å². The molecule has 0 spiro atoms. The molecule has 1 atom stereocenters. The van der Waals surface area contributed by atoms with E-state index in [1.54, 1.807) is 19.1 Å². The predicted molar refractivity (Wildman–Crippen MR) is 68.5 cm³/mol. The molecular weight excluding hydrogens is 254 g/mol. The Balaban J connectivity index is 2.27. The van der Waals surface area contributed by atoms with Gasteiger partial charge in [-0.1, -0.05) is 17.7 Å². The van der Waals surface area contributed by atoms with E-state index in [4.69, 9.17) is 16.3 Å². The molecule has 1 aliphatic heterocycles. The highest BCUT2D eigenvalue weighted by molar-refractivity contribution is 6.31. The van der Waals surface area contributed by atoms with Crippen LogP contribution in [0.15, 0.2) is 18.2 Å². The molecule has 0 aromatic heterocycles. The van der Waals surface area contributed by atoms with Crippen LogP contribution in [0.3, 0.4) is 0 Å². The van der Waals surface area contributed by atoms with Gasteiger partial charge in [0, 0.05) is 17.1 Å². The first-order valence-electron chi connectivity index (χ1n) is 5.85. The van der Waals surface area contributed by atoms with Crippen LogP contribution < -0.4 is 5.32 Å². The molecule has 2 rings (SSSR count). The van der Waals surface area contributed by atoms with Crippen molar-refractivity contribution in [2.45, 2.75) is 19.8 Å². The fourth-order valence-corrected chi connectivity index (χ4v) is 2.20. The lowest BCUT2D eigenvalue weighted by Gasteiger charge is -2.11. The van der Waals surface area contributed by atoms with Gasteiger partial charge in [0.2, 0.25) is 5.91 Å². The first-order chi connectivity index (χ1) is 8.60. The Hall–Kier alpha value is -1.55. The number of hydrogen-bond acceptors (Lipinski definition) is 3. The number of ether oxygens (including phenoxy) is 1. The highest BCUT2D eigenvalue weighted by atomic mass is 35.5. The van der Waals surface area contributed by atoms with Crippen molar-refractivity contribution in [3.8, 4) is 0 Å². The van der Waals surface area contributed by atoms with E-state index in [0.717, 1.165) is 5.56 Å². The average Bonchev–Trinajstić information content (AvgIpc) is 2.47. The van der Waals surface area contributed by atoms with E-state index in [2.05, 4.69) is 5.32 Å². The standard InChI is InChI=1S/C13H14ClNO3/c1-2-18-13(17)9-5-8-3-4-10(14)7-11(8)15-12(16)6-9/h3-4,7,9H,2,5-6H2,1H3,(H,15,16). The Bertz CT molecular complexity index is 487. The third-order valence-corrected chi connectivity index (χ3v) is 3.10. The van der Waals surface area contributed by atoms with E-state index in [1.165, 1.54) is 0 Å². The van der Waals surface area contributed by atoms with Crippen LogP contribution in [-0.2, 0) is 20.7 Å². The van der Waals surface area contributed by atoms with E-state index in [1.807, 2.05) is 6.07 Å². The maximum atomic E-state index is 11.7. The summed E-state index contributed by atoms with van der Waals surface area (Å²) in [5.74, 6) is -0.933. The number of esters is 1. The first kappa shape index (κ1) is 12.9. The van der Waals surface area contributed by atoms with Crippen LogP contribution >= 0.6 is 11.6 Å². The summed E-state index contributed by atoms with van der Waals surface area (Å²) in [6.07, 6.45) is 0.634. The molecule has 1 aliphatic rings. The van der Waals surface area contributed by atoms with Crippen LogP contribution in [0.4, 0.5) is 5.69 Å². The molecule has 5 heteroatoms. The second kappa shape index (κ2) is 5.40. The second-order valence-electron chi connectivity index (χ2n) is 4.21. The molecule has 0 aliphatic carbocycles. The number of carbonyl (C=O) groups excluding carboxylic acids is 2. The van der Waals surface area contributed by atoms with E-state index in [9.17, 15) is 9.59 Å². The third-order valence-electron chi connectivity index (χ3n) is 2.86. The summed E-state index contributed by atoms with van der Waals surface area (Å²) in [4.78, 5) is 23.5. The molecule has 1 N–H and O–H groups in total. The van der Waals surface area contributed by atoms with Gasteiger partial charge in [-0.3, -0.25) is 9.59 Å². The molecule has 96 valence electrons. The molecule has 4 nitrogen and oxygen atoms in total. The molecule has 1 heterocycles. The smallest absolute Gasteiger partial charge is 0.309 e. The predicted octanol–water partition coefficient (Wildman–Crippen LogP) is 2.40. The Morgan fingerprint density at radius 1 is 1.50 bits per heavy atom. The molecule has 1 unspecified atom stereocenters. The fourth-order valence-electron chi connectivity index (χ4n) is 2.03. The van der Waals surface area contributed by atoms with Gasteiger partial charge in [0.25, 0.3) is 0 Å². The molecule has 0 bridgehead atoms. The fraction of sp³-hybridized carbons (Fsp3) is 0.385. The van der Waals surface area contributed by atoms with E-state index in [-0.39, 0.29) is 18.3 Å². The largest absolute Gasteiger partial charge is 0.466 e. The van der Waals surface area contributed by atoms with Crippen LogP contribution in [0.2, 0.25) is 5.02 Å². The lowest BCUT2D eigenvalue weighted by molar-refractivity contribution is -0.149. The molecule has 0 saturated carbocycles. The van der Waals surface area contributed by atoms with Crippen molar-refractivity contribution in [1.82, 2.24) is 0 Å². The zero-order valence-electron chi connectivity index (χ0n) is 10.0. The normalized spacial score (nSPS) is 18.6. The Morgan fingerprint density at radius 2 is 2.28 bits per heavy atom. The zero-order chi connectivity index (χ0) is 13.1. The van der Waals surface area contributed by atoms with Gasteiger partial charge in [0.15, 0.2) is 0 Å². The van der Waals surface area contributed by atoms with Crippen molar-refractivity contribution in [3.05, 3.63) is 28.8 Å². The minimum absolute atomic E-state index is 0.144.